The lowest BCUT2D eigenvalue weighted by molar-refractivity contribution is 0.0951. The van der Waals surface area contributed by atoms with Crippen molar-refractivity contribution in [3.63, 3.8) is 0 Å². The first-order valence-electron chi connectivity index (χ1n) is 10.9. The predicted molar refractivity (Wildman–Crippen MR) is 124 cm³/mol. The van der Waals surface area contributed by atoms with E-state index in [0.717, 1.165) is 18.4 Å². The van der Waals surface area contributed by atoms with Gasteiger partial charge >= 0.3 is 0 Å². The van der Waals surface area contributed by atoms with E-state index in [1.807, 2.05) is 32.9 Å². The number of phenolic OH excluding ortho intramolecular Hbond substituents is 1. The van der Waals surface area contributed by atoms with Gasteiger partial charge in [-0.25, -0.2) is 4.98 Å². The van der Waals surface area contributed by atoms with Gasteiger partial charge in [0.25, 0.3) is 11.5 Å². The lowest BCUT2D eigenvalue weighted by Crippen LogP contribution is -2.34. The first-order chi connectivity index (χ1) is 15.3. The summed E-state index contributed by atoms with van der Waals surface area (Å²) in [6.07, 6.45) is 5.90. The monoisotopic (exact) mass is 432 g/mol. The summed E-state index contributed by atoms with van der Waals surface area (Å²) < 4.78 is 1.52. The highest BCUT2D eigenvalue weighted by Gasteiger charge is 2.26. The van der Waals surface area contributed by atoms with Crippen LogP contribution in [0.15, 0.2) is 59.7 Å². The Morgan fingerprint density at radius 2 is 1.97 bits per heavy atom. The van der Waals surface area contributed by atoms with E-state index >= 15 is 0 Å². The van der Waals surface area contributed by atoms with E-state index < -0.39 is 5.54 Å². The average molecular weight is 433 g/mol. The molecule has 0 atom stereocenters. The van der Waals surface area contributed by atoms with Gasteiger partial charge in [-0.15, -0.1) is 0 Å². The fourth-order valence-electron chi connectivity index (χ4n) is 3.78. The van der Waals surface area contributed by atoms with Crippen molar-refractivity contribution in [2.75, 3.05) is 5.32 Å². The van der Waals surface area contributed by atoms with Crippen LogP contribution in [-0.2, 0) is 12.0 Å². The van der Waals surface area contributed by atoms with Crippen LogP contribution in [0.1, 0.15) is 55.1 Å². The largest absolute Gasteiger partial charge is 0.508 e. The van der Waals surface area contributed by atoms with Crippen molar-refractivity contribution >= 4 is 11.7 Å². The summed E-state index contributed by atoms with van der Waals surface area (Å²) in [6, 6.07) is 12.7. The Balaban J connectivity index is 1.71. The van der Waals surface area contributed by atoms with Crippen LogP contribution in [0, 0.1) is 0 Å². The third kappa shape index (κ3) is 4.37. The minimum Gasteiger partial charge on any atom is -0.508 e. The molecule has 0 spiro atoms. The van der Waals surface area contributed by atoms with E-state index in [2.05, 4.69) is 15.6 Å². The van der Waals surface area contributed by atoms with Crippen molar-refractivity contribution in [3.05, 3.63) is 81.9 Å². The van der Waals surface area contributed by atoms with Gasteiger partial charge in [0.2, 0.25) is 0 Å². The lowest BCUT2D eigenvalue weighted by atomic mass is 9.93. The summed E-state index contributed by atoms with van der Waals surface area (Å²) >= 11 is 0. The number of carbonyl (C=O) groups is 1. The van der Waals surface area contributed by atoms with Crippen molar-refractivity contribution < 1.29 is 9.90 Å². The van der Waals surface area contributed by atoms with Crippen LogP contribution in [0.25, 0.3) is 5.69 Å². The highest BCUT2D eigenvalue weighted by atomic mass is 16.3. The molecule has 1 saturated carbocycles. The van der Waals surface area contributed by atoms with Gasteiger partial charge in [-0.3, -0.25) is 14.2 Å². The normalized spacial score (nSPS) is 13.6. The van der Waals surface area contributed by atoms with E-state index in [-0.39, 0.29) is 29.1 Å². The summed E-state index contributed by atoms with van der Waals surface area (Å²) in [5.74, 6) is 0.178. The number of nitrogens with zero attached hydrogens (tertiary/aromatic N) is 2. The zero-order chi connectivity index (χ0) is 22.9. The maximum atomic E-state index is 13.4. The molecule has 2 aromatic carbocycles. The molecule has 0 unspecified atom stereocenters. The number of anilines is 1. The van der Waals surface area contributed by atoms with Crippen molar-refractivity contribution in [1.82, 2.24) is 14.9 Å². The standard InChI is InChI=1S/C25H28N4O3/c1-4-16-9-10-17(23(31)27-18-11-12-18)15-20(16)29-14-13-26-22(24(29)32)28-25(2,3)19-7-5-6-8-21(19)30/h5-10,13-15,18,30H,4,11-12H2,1-3H3,(H,26,28)(H,27,31). The highest BCUT2D eigenvalue weighted by molar-refractivity contribution is 5.95. The van der Waals surface area contributed by atoms with Crippen LogP contribution >= 0.6 is 0 Å². The first-order valence-corrected chi connectivity index (χ1v) is 10.9. The molecule has 1 aliphatic carbocycles. The molecule has 4 rings (SSSR count). The number of amides is 1. The predicted octanol–water partition coefficient (Wildman–Crippen LogP) is 3.74. The van der Waals surface area contributed by atoms with Gasteiger partial charge in [0.1, 0.15) is 5.75 Å². The van der Waals surface area contributed by atoms with E-state index in [1.165, 1.54) is 4.57 Å². The molecule has 7 heteroatoms. The van der Waals surface area contributed by atoms with Crippen LogP contribution in [0.4, 0.5) is 5.82 Å². The topological polar surface area (TPSA) is 96.2 Å². The molecule has 1 heterocycles. The van der Waals surface area contributed by atoms with Gasteiger partial charge in [0.15, 0.2) is 5.82 Å². The molecule has 166 valence electrons. The molecular formula is C25H28N4O3. The molecule has 32 heavy (non-hydrogen) atoms. The molecule has 0 bridgehead atoms. The van der Waals surface area contributed by atoms with E-state index in [4.69, 9.17) is 0 Å². The number of phenols is 1. The second-order valence-corrected chi connectivity index (χ2v) is 8.66. The van der Waals surface area contributed by atoms with Gasteiger partial charge in [-0.1, -0.05) is 31.2 Å². The second-order valence-electron chi connectivity index (χ2n) is 8.66. The molecule has 3 N–H and O–H groups in total. The Morgan fingerprint density at radius 1 is 1.22 bits per heavy atom. The third-order valence-electron chi connectivity index (χ3n) is 5.75. The van der Waals surface area contributed by atoms with E-state index in [0.29, 0.717) is 23.2 Å². The van der Waals surface area contributed by atoms with Crippen LogP contribution in [-0.4, -0.2) is 26.6 Å². The number of aromatic nitrogens is 2. The van der Waals surface area contributed by atoms with Gasteiger partial charge in [0, 0.05) is 29.6 Å². The molecule has 3 aromatic rings. The highest BCUT2D eigenvalue weighted by Crippen LogP contribution is 2.30. The molecule has 0 saturated heterocycles. The van der Waals surface area contributed by atoms with Crippen molar-refractivity contribution in [1.29, 1.82) is 0 Å². The molecule has 1 amide bonds. The zero-order valence-electron chi connectivity index (χ0n) is 18.6. The summed E-state index contributed by atoms with van der Waals surface area (Å²) in [7, 11) is 0. The van der Waals surface area contributed by atoms with Crippen LogP contribution in [0.3, 0.4) is 0 Å². The number of hydrogen-bond donors (Lipinski definition) is 3. The number of benzene rings is 2. The number of rotatable bonds is 7. The lowest BCUT2D eigenvalue weighted by Gasteiger charge is -2.28. The molecular weight excluding hydrogens is 404 g/mol. The molecule has 0 radical (unpaired) electrons. The SMILES string of the molecule is CCc1ccc(C(=O)NC2CC2)cc1-n1ccnc(NC(C)(C)c2ccccc2O)c1=O. The Hall–Kier alpha value is -3.61. The summed E-state index contributed by atoms with van der Waals surface area (Å²) in [5.41, 5.74) is 1.72. The zero-order valence-corrected chi connectivity index (χ0v) is 18.6. The molecule has 1 aromatic heterocycles. The Kier molecular flexibility index (Phi) is 5.74. The minimum absolute atomic E-state index is 0.127. The Morgan fingerprint density at radius 3 is 2.66 bits per heavy atom. The van der Waals surface area contributed by atoms with Gasteiger partial charge in [-0.05, 0) is 56.9 Å². The Labute approximate surface area is 187 Å². The van der Waals surface area contributed by atoms with Crippen LogP contribution in [0.2, 0.25) is 0 Å². The smallest absolute Gasteiger partial charge is 0.297 e. The molecule has 1 fully saturated rings. The van der Waals surface area contributed by atoms with Crippen LogP contribution in [0.5, 0.6) is 5.75 Å². The van der Waals surface area contributed by atoms with Gasteiger partial charge in [-0.2, -0.15) is 0 Å². The van der Waals surface area contributed by atoms with Crippen molar-refractivity contribution in [2.45, 2.75) is 51.6 Å². The third-order valence-corrected chi connectivity index (χ3v) is 5.75. The van der Waals surface area contributed by atoms with Gasteiger partial charge < -0.3 is 15.7 Å². The summed E-state index contributed by atoms with van der Waals surface area (Å²) in [4.78, 5) is 30.2. The number of carbonyl (C=O) groups excluding carboxylic acids is 1. The summed E-state index contributed by atoms with van der Waals surface area (Å²) in [5, 5.41) is 16.4. The molecule has 1 aliphatic rings. The minimum atomic E-state index is -0.740. The summed E-state index contributed by atoms with van der Waals surface area (Å²) in [6.45, 7) is 5.76. The van der Waals surface area contributed by atoms with Crippen molar-refractivity contribution in [2.24, 2.45) is 0 Å². The number of aromatic hydroxyl groups is 1. The number of nitrogens with one attached hydrogen (secondary N) is 2. The first kappa shape index (κ1) is 21.6. The van der Waals surface area contributed by atoms with E-state index in [1.54, 1.807) is 42.7 Å². The number of para-hydroxylation sites is 1. The Bertz CT molecular complexity index is 1210. The number of aryl methyl sites for hydroxylation is 1. The fourth-order valence-corrected chi connectivity index (χ4v) is 3.78. The average Bonchev–Trinajstić information content (AvgIpc) is 3.59. The van der Waals surface area contributed by atoms with Crippen molar-refractivity contribution in [3.8, 4) is 11.4 Å². The van der Waals surface area contributed by atoms with Gasteiger partial charge in [0.05, 0.1) is 11.2 Å². The molecule has 7 nitrogen and oxygen atoms in total. The van der Waals surface area contributed by atoms with Crippen LogP contribution < -0.4 is 16.2 Å². The molecule has 0 aliphatic heterocycles. The quantitative estimate of drug-likeness (QED) is 0.529. The maximum Gasteiger partial charge on any atom is 0.297 e. The number of hydrogen-bond acceptors (Lipinski definition) is 5. The maximum absolute atomic E-state index is 13.4. The second kappa shape index (κ2) is 8.49. The fraction of sp³-hybridized carbons (Fsp3) is 0.320. The van der Waals surface area contributed by atoms with E-state index in [9.17, 15) is 14.7 Å².